The van der Waals surface area contributed by atoms with Crippen molar-refractivity contribution in [3.8, 4) is 0 Å². The fourth-order valence-electron chi connectivity index (χ4n) is 2.71. The lowest BCUT2D eigenvalue weighted by Gasteiger charge is -2.28. The molecule has 0 spiro atoms. The highest BCUT2D eigenvalue weighted by atomic mass is 35.5. The van der Waals surface area contributed by atoms with Crippen LogP contribution in [0.1, 0.15) is 25.3 Å². The minimum atomic E-state index is -0.567. The van der Waals surface area contributed by atoms with E-state index >= 15 is 0 Å². The van der Waals surface area contributed by atoms with E-state index in [1.54, 1.807) is 0 Å². The van der Waals surface area contributed by atoms with Gasteiger partial charge >= 0.3 is 0 Å². The number of benzene rings is 1. The Labute approximate surface area is 138 Å². The van der Waals surface area contributed by atoms with Gasteiger partial charge in [-0.25, -0.2) is 0 Å². The van der Waals surface area contributed by atoms with Gasteiger partial charge in [-0.2, -0.15) is 0 Å². The molecular formula is C15H23Cl2N3O. The number of hydrogen-bond donors (Lipinski definition) is 2. The summed E-state index contributed by atoms with van der Waals surface area (Å²) in [5, 5.41) is 2.99. The lowest BCUT2D eigenvalue weighted by atomic mass is 10.1. The number of fused-ring (bicyclic) bond motifs is 1. The molecule has 2 aliphatic rings. The van der Waals surface area contributed by atoms with Crippen molar-refractivity contribution in [3.63, 3.8) is 0 Å². The maximum absolute atomic E-state index is 11.8. The number of para-hydroxylation sites is 1. The van der Waals surface area contributed by atoms with Crippen molar-refractivity contribution in [2.75, 3.05) is 18.0 Å². The molecule has 118 valence electrons. The molecule has 0 aromatic heterocycles. The van der Waals surface area contributed by atoms with Gasteiger partial charge in [0, 0.05) is 24.8 Å². The second-order valence-electron chi connectivity index (χ2n) is 5.79. The van der Waals surface area contributed by atoms with E-state index in [4.69, 9.17) is 5.73 Å². The summed E-state index contributed by atoms with van der Waals surface area (Å²) in [5.41, 5.74) is 8.02. The molecule has 1 saturated carbocycles. The SMILES string of the molecule is CC(CNC(=O)C1(N)CC1)N1CCc2ccccc21.Cl.Cl. The third-order valence-electron chi connectivity index (χ3n) is 4.25. The molecule has 1 heterocycles. The van der Waals surface area contributed by atoms with Crippen LogP contribution in [0.15, 0.2) is 24.3 Å². The summed E-state index contributed by atoms with van der Waals surface area (Å²) >= 11 is 0. The summed E-state index contributed by atoms with van der Waals surface area (Å²) in [5.74, 6) is 0.00633. The van der Waals surface area contributed by atoms with Crippen molar-refractivity contribution in [1.29, 1.82) is 0 Å². The normalized spacial score (nSPS) is 18.9. The van der Waals surface area contributed by atoms with Crippen molar-refractivity contribution in [3.05, 3.63) is 29.8 Å². The molecule has 0 bridgehead atoms. The first-order chi connectivity index (χ1) is 9.10. The number of nitrogens with two attached hydrogens (primary N) is 1. The minimum Gasteiger partial charge on any atom is -0.366 e. The molecule has 1 aromatic rings. The van der Waals surface area contributed by atoms with Crippen molar-refractivity contribution in [2.24, 2.45) is 5.73 Å². The van der Waals surface area contributed by atoms with Gasteiger partial charge in [-0.05, 0) is 37.8 Å². The van der Waals surface area contributed by atoms with Gasteiger partial charge in [0.2, 0.25) is 5.91 Å². The van der Waals surface area contributed by atoms with E-state index in [1.807, 2.05) is 0 Å². The van der Waals surface area contributed by atoms with E-state index in [0.717, 1.165) is 25.8 Å². The van der Waals surface area contributed by atoms with Gasteiger partial charge in [0.05, 0.1) is 5.54 Å². The minimum absolute atomic E-state index is 0. The Morgan fingerprint density at radius 1 is 1.38 bits per heavy atom. The van der Waals surface area contributed by atoms with E-state index in [9.17, 15) is 4.79 Å². The van der Waals surface area contributed by atoms with Crippen molar-refractivity contribution >= 4 is 36.4 Å². The number of carbonyl (C=O) groups is 1. The first-order valence-electron chi connectivity index (χ1n) is 7.02. The fourth-order valence-corrected chi connectivity index (χ4v) is 2.71. The van der Waals surface area contributed by atoms with Gasteiger partial charge in [-0.1, -0.05) is 18.2 Å². The highest BCUT2D eigenvalue weighted by Gasteiger charge is 2.45. The smallest absolute Gasteiger partial charge is 0.240 e. The Kier molecular flexibility index (Phi) is 5.91. The van der Waals surface area contributed by atoms with E-state index < -0.39 is 5.54 Å². The molecule has 6 heteroatoms. The van der Waals surface area contributed by atoms with Crippen LogP contribution in [0.3, 0.4) is 0 Å². The zero-order valence-corrected chi connectivity index (χ0v) is 13.8. The van der Waals surface area contributed by atoms with Crippen LogP contribution in [-0.2, 0) is 11.2 Å². The zero-order valence-electron chi connectivity index (χ0n) is 12.2. The molecule has 1 aliphatic carbocycles. The molecular weight excluding hydrogens is 309 g/mol. The molecule has 1 amide bonds. The zero-order chi connectivity index (χ0) is 13.5. The number of carbonyl (C=O) groups excluding carboxylic acids is 1. The molecule has 3 N–H and O–H groups in total. The highest BCUT2D eigenvalue weighted by Crippen LogP contribution is 2.32. The third kappa shape index (κ3) is 3.62. The number of hydrogen-bond acceptors (Lipinski definition) is 3. The summed E-state index contributed by atoms with van der Waals surface area (Å²) in [6, 6.07) is 8.79. The number of amides is 1. The van der Waals surface area contributed by atoms with Gasteiger partial charge in [-0.3, -0.25) is 4.79 Å². The summed E-state index contributed by atoms with van der Waals surface area (Å²) in [6.45, 7) is 3.84. The van der Waals surface area contributed by atoms with E-state index in [2.05, 4.69) is 41.4 Å². The fraction of sp³-hybridized carbons (Fsp3) is 0.533. The quantitative estimate of drug-likeness (QED) is 0.885. The number of anilines is 1. The van der Waals surface area contributed by atoms with Crippen LogP contribution >= 0.6 is 24.8 Å². The first kappa shape index (κ1) is 18.1. The average Bonchev–Trinajstić information content (AvgIpc) is 3.03. The Bertz CT molecular complexity index is 505. The van der Waals surface area contributed by atoms with Crippen molar-refractivity contribution in [2.45, 2.75) is 37.8 Å². The topological polar surface area (TPSA) is 58.4 Å². The molecule has 1 fully saturated rings. The number of nitrogens with one attached hydrogen (secondary N) is 1. The van der Waals surface area contributed by atoms with Crippen LogP contribution < -0.4 is 16.0 Å². The van der Waals surface area contributed by atoms with E-state index in [-0.39, 0.29) is 30.7 Å². The predicted octanol–water partition coefficient (Wildman–Crippen LogP) is 1.89. The lowest BCUT2D eigenvalue weighted by molar-refractivity contribution is -0.123. The summed E-state index contributed by atoms with van der Waals surface area (Å²) in [4.78, 5) is 14.2. The molecule has 1 unspecified atom stereocenters. The molecule has 1 aliphatic heterocycles. The molecule has 3 rings (SSSR count). The van der Waals surface area contributed by atoms with Crippen LogP contribution in [0.2, 0.25) is 0 Å². The molecule has 0 radical (unpaired) electrons. The first-order valence-corrected chi connectivity index (χ1v) is 7.02. The number of rotatable bonds is 4. The summed E-state index contributed by atoms with van der Waals surface area (Å²) < 4.78 is 0. The molecule has 21 heavy (non-hydrogen) atoms. The summed E-state index contributed by atoms with van der Waals surface area (Å²) in [6.07, 6.45) is 2.73. The van der Waals surface area contributed by atoms with Crippen molar-refractivity contribution in [1.82, 2.24) is 5.32 Å². The average molecular weight is 332 g/mol. The monoisotopic (exact) mass is 331 g/mol. The Morgan fingerprint density at radius 2 is 2.05 bits per heavy atom. The van der Waals surface area contributed by atoms with E-state index in [0.29, 0.717) is 12.6 Å². The van der Waals surface area contributed by atoms with E-state index in [1.165, 1.54) is 11.3 Å². The molecule has 1 atom stereocenters. The number of nitrogens with zero attached hydrogens (tertiary/aromatic N) is 1. The standard InChI is InChI=1S/C15H21N3O.2ClH/c1-11(10-17-14(19)15(16)7-8-15)18-9-6-12-4-2-3-5-13(12)18;;/h2-5,11H,6-10,16H2,1H3,(H,17,19);2*1H. The lowest BCUT2D eigenvalue weighted by Crippen LogP contribution is -2.48. The van der Waals surface area contributed by atoms with Gasteiger partial charge < -0.3 is 16.0 Å². The second kappa shape index (κ2) is 6.86. The third-order valence-corrected chi connectivity index (χ3v) is 4.25. The van der Waals surface area contributed by atoms with Crippen LogP contribution in [0.4, 0.5) is 5.69 Å². The van der Waals surface area contributed by atoms with Crippen molar-refractivity contribution < 1.29 is 4.79 Å². The van der Waals surface area contributed by atoms with Gasteiger partial charge in [0.15, 0.2) is 0 Å². The second-order valence-corrected chi connectivity index (χ2v) is 5.79. The van der Waals surface area contributed by atoms with Gasteiger partial charge in [0.1, 0.15) is 0 Å². The molecule has 4 nitrogen and oxygen atoms in total. The molecule has 0 saturated heterocycles. The van der Waals surface area contributed by atoms with Crippen LogP contribution in [-0.4, -0.2) is 30.6 Å². The number of halogens is 2. The largest absolute Gasteiger partial charge is 0.366 e. The van der Waals surface area contributed by atoms with Crippen LogP contribution in [0, 0.1) is 0 Å². The molecule has 1 aromatic carbocycles. The Hall–Kier alpha value is -0.970. The maximum Gasteiger partial charge on any atom is 0.240 e. The van der Waals surface area contributed by atoms with Crippen LogP contribution in [0.5, 0.6) is 0 Å². The Balaban J connectivity index is 0.00000110. The highest BCUT2D eigenvalue weighted by molar-refractivity contribution is 5.89. The summed E-state index contributed by atoms with van der Waals surface area (Å²) in [7, 11) is 0. The maximum atomic E-state index is 11.8. The predicted molar refractivity (Wildman–Crippen MR) is 90.6 cm³/mol. The van der Waals surface area contributed by atoms with Gasteiger partial charge in [-0.15, -0.1) is 24.8 Å². The van der Waals surface area contributed by atoms with Gasteiger partial charge in [0.25, 0.3) is 0 Å². The Morgan fingerprint density at radius 3 is 2.71 bits per heavy atom. The van der Waals surface area contributed by atoms with Crippen LogP contribution in [0.25, 0.3) is 0 Å².